The van der Waals surface area contributed by atoms with Crippen LogP contribution in [0, 0.1) is 0 Å². The third-order valence-corrected chi connectivity index (χ3v) is 4.10. The standard InChI is InChI=1S/C12H21O5P/c1-3-16-18(13,17-4-2)11-7-5-6-8-12-14-9-10-15-12/h5-8,12H,3-4,9-11H2,1-2H3/b7-5+,8-6+. The van der Waals surface area contributed by atoms with Gasteiger partial charge in [0.25, 0.3) is 0 Å². The van der Waals surface area contributed by atoms with Crippen molar-refractivity contribution in [2.45, 2.75) is 20.1 Å². The predicted octanol–water partition coefficient (Wildman–Crippen LogP) is 2.74. The van der Waals surface area contributed by atoms with Crippen LogP contribution in [0.2, 0.25) is 0 Å². The molecule has 0 aliphatic carbocycles. The molecular weight excluding hydrogens is 255 g/mol. The minimum Gasteiger partial charge on any atom is -0.347 e. The van der Waals surface area contributed by atoms with E-state index >= 15 is 0 Å². The summed E-state index contributed by atoms with van der Waals surface area (Å²) in [5, 5.41) is 0. The maximum absolute atomic E-state index is 12.1. The van der Waals surface area contributed by atoms with Crippen LogP contribution in [0.15, 0.2) is 24.3 Å². The lowest BCUT2D eigenvalue weighted by Gasteiger charge is -2.14. The minimum absolute atomic E-state index is 0.264. The fraction of sp³-hybridized carbons (Fsp3) is 0.667. The first-order chi connectivity index (χ1) is 8.70. The first kappa shape index (κ1) is 15.6. The van der Waals surface area contributed by atoms with Gasteiger partial charge < -0.3 is 18.5 Å². The van der Waals surface area contributed by atoms with Crippen molar-refractivity contribution in [2.75, 3.05) is 32.6 Å². The molecule has 0 saturated carbocycles. The van der Waals surface area contributed by atoms with E-state index in [-0.39, 0.29) is 12.5 Å². The lowest BCUT2D eigenvalue weighted by molar-refractivity contribution is -0.00152. The summed E-state index contributed by atoms with van der Waals surface area (Å²) in [7, 11) is -2.97. The fourth-order valence-corrected chi connectivity index (χ4v) is 2.90. The molecule has 0 aromatic heterocycles. The Bertz CT molecular complexity index is 310. The fourth-order valence-electron chi connectivity index (χ4n) is 1.45. The molecule has 1 heterocycles. The van der Waals surface area contributed by atoms with Crippen molar-refractivity contribution in [3.63, 3.8) is 0 Å². The average Bonchev–Trinajstić information content (AvgIpc) is 2.82. The van der Waals surface area contributed by atoms with Gasteiger partial charge in [-0.1, -0.05) is 18.2 Å². The second-order valence-electron chi connectivity index (χ2n) is 3.55. The van der Waals surface area contributed by atoms with Gasteiger partial charge in [-0.25, -0.2) is 0 Å². The summed E-state index contributed by atoms with van der Waals surface area (Å²) in [4.78, 5) is 0. The van der Waals surface area contributed by atoms with Crippen molar-refractivity contribution in [2.24, 2.45) is 0 Å². The highest BCUT2D eigenvalue weighted by Crippen LogP contribution is 2.47. The molecule has 18 heavy (non-hydrogen) atoms. The molecule has 1 aliphatic rings. The van der Waals surface area contributed by atoms with Gasteiger partial charge in [0.15, 0.2) is 6.29 Å². The minimum atomic E-state index is -2.97. The van der Waals surface area contributed by atoms with Crippen LogP contribution in [-0.2, 0) is 23.1 Å². The van der Waals surface area contributed by atoms with E-state index in [1.54, 1.807) is 38.2 Å². The van der Waals surface area contributed by atoms with Crippen molar-refractivity contribution in [3.05, 3.63) is 24.3 Å². The molecule has 1 aliphatic heterocycles. The molecule has 104 valence electrons. The molecule has 0 bridgehead atoms. The van der Waals surface area contributed by atoms with Gasteiger partial charge in [0.2, 0.25) is 0 Å². The predicted molar refractivity (Wildman–Crippen MR) is 69.7 cm³/mol. The van der Waals surface area contributed by atoms with E-state index in [9.17, 15) is 4.57 Å². The number of hydrogen-bond donors (Lipinski definition) is 0. The van der Waals surface area contributed by atoms with E-state index in [4.69, 9.17) is 18.5 Å². The quantitative estimate of drug-likeness (QED) is 0.504. The topological polar surface area (TPSA) is 54.0 Å². The van der Waals surface area contributed by atoms with Gasteiger partial charge in [0.05, 0.1) is 32.6 Å². The number of hydrogen-bond acceptors (Lipinski definition) is 5. The smallest absolute Gasteiger partial charge is 0.334 e. The van der Waals surface area contributed by atoms with Gasteiger partial charge in [-0.15, -0.1) is 0 Å². The first-order valence-corrected chi connectivity index (χ1v) is 7.87. The van der Waals surface area contributed by atoms with Gasteiger partial charge in [0, 0.05) is 0 Å². The van der Waals surface area contributed by atoms with Crippen LogP contribution in [0.4, 0.5) is 0 Å². The molecule has 0 aromatic carbocycles. The third-order valence-electron chi connectivity index (χ3n) is 2.14. The Morgan fingerprint density at radius 1 is 1.17 bits per heavy atom. The monoisotopic (exact) mass is 276 g/mol. The normalized spacial score (nSPS) is 18.3. The zero-order valence-corrected chi connectivity index (χ0v) is 11.8. The Hall–Kier alpha value is -0.450. The summed E-state index contributed by atoms with van der Waals surface area (Å²) < 4.78 is 32.8. The maximum Gasteiger partial charge on any atom is 0.334 e. The molecule has 5 nitrogen and oxygen atoms in total. The van der Waals surface area contributed by atoms with E-state index in [1.807, 2.05) is 0 Å². The van der Waals surface area contributed by atoms with E-state index in [1.165, 1.54) is 0 Å². The first-order valence-electron chi connectivity index (χ1n) is 6.15. The molecule has 1 fully saturated rings. The largest absolute Gasteiger partial charge is 0.347 e. The van der Waals surface area contributed by atoms with Gasteiger partial charge in [-0.2, -0.15) is 0 Å². The summed E-state index contributed by atoms with van der Waals surface area (Å²) in [5.74, 6) is 0. The Balaban J connectivity index is 2.34. The molecule has 0 radical (unpaired) electrons. The third kappa shape index (κ3) is 5.94. The second kappa shape index (κ2) is 8.62. The zero-order chi connectivity index (χ0) is 13.3. The van der Waals surface area contributed by atoms with Crippen molar-refractivity contribution in [1.29, 1.82) is 0 Å². The van der Waals surface area contributed by atoms with Crippen molar-refractivity contribution in [3.8, 4) is 0 Å². The molecule has 0 unspecified atom stereocenters. The highest BCUT2D eigenvalue weighted by molar-refractivity contribution is 7.54. The molecular formula is C12H21O5P. The van der Waals surface area contributed by atoms with Crippen LogP contribution in [0.25, 0.3) is 0 Å². The Labute approximate surface area is 108 Å². The maximum atomic E-state index is 12.1. The zero-order valence-electron chi connectivity index (χ0n) is 10.9. The van der Waals surface area contributed by atoms with Crippen molar-refractivity contribution in [1.82, 2.24) is 0 Å². The molecule has 0 amide bonds. The molecule has 0 atom stereocenters. The average molecular weight is 276 g/mol. The Kier molecular flexibility index (Phi) is 7.47. The van der Waals surface area contributed by atoms with Crippen LogP contribution < -0.4 is 0 Å². The van der Waals surface area contributed by atoms with E-state index in [2.05, 4.69) is 0 Å². The van der Waals surface area contributed by atoms with Crippen molar-refractivity contribution >= 4 is 7.60 Å². The summed E-state index contributed by atoms with van der Waals surface area (Å²) in [6, 6.07) is 0. The summed E-state index contributed by atoms with van der Waals surface area (Å²) in [6.45, 7) is 5.61. The van der Waals surface area contributed by atoms with Crippen LogP contribution in [0.1, 0.15) is 13.8 Å². The second-order valence-corrected chi connectivity index (χ2v) is 5.66. The van der Waals surface area contributed by atoms with Crippen molar-refractivity contribution < 1.29 is 23.1 Å². The Morgan fingerprint density at radius 3 is 2.33 bits per heavy atom. The number of allylic oxidation sites excluding steroid dienone is 3. The van der Waals surface area contributed by atoms with Crippen LogP contribution in [0.5, 0.6) is 0 Å². The van der Waals surface area contributed by atoms with Crippen LogP contribution in [0.3, 0.4) is 0 Å². The Morgan fingerprint density at radius 2 is 1.78 bits per heavy atom. The molecule has 1 rings (SSSR count). The molecule has 0 aromatic rings. The van der Waals surface area contributed by atoms with Gasteiger partial charge in [0.1, 0.15) is 0 Å². The highest BCUT2D eigenvalue weighted by atomic mass is 31.2. The van der Waals surface area contributed by atoms with Gasteiger partial charge in [-0.3, -0.25) is 4.57 Å². The molecule has 0 spiro atoms. The molecule has 0 N–H and O–H groups in total. The summed E-state index contributed by atoms with van der Waals surface area (Å²) >= 11 is 0. The van der Waals surface area contributed by atoms with Crippen LogP contribution in [-0.4, -0.2) is 38.9 Å². The molecule has 6 heteroatoms. The summed E-state index contributed by atoms with van der Waals surface area (Å²) in [5.41, 5.74) is 0. The van der Waals surface area contributed by atoms with E-state index < -0.39 is 7.60 Å². The lowest BCUT2D eigenvalue weighted by atomic mass is 10.4. The number of rotatable bonds is 8. The highest BCUT2D eigenvalue weighted by Gasteiger charge is 2.20. The number of ether oxygens (including phenoxy) is 2. The molecule has 1 saturated heterocycles. The lowest BCUT2D eigenvalue weighted by Crippen LogP contribution is -2.01. The van der Waals surface area contributed by atoms with Crippen LogP contribution >= 0.6 is 7.60 Å². The SMILES string of the molecule is CCOP(=O)(C/C=C/C=C/C1OCCO1)OCC. The summed E-state index contributed by atoms with van der Waals surface area (Å²) in [6.07, 6.45) is 7.16. The van der Waals surface area contributed by atoms with E-state index in [0.29, 0.717) is 26.4 Å². The van der Waals surface area contributed by atoms with Gasteiger partial charge >= 0.3 is 7.60 Å². The van der Waals surface area contributed by atoms with E-state index in [0.717, 1.165) is 0 Å². The van der Waals surface area contributed by atoms with Gasteiger partial charge in [-0.05, 0) is 19.9 Å².